The van der Waals surface area contributed by atoms with Crippen LogP contribution in [0.25, 0.3) is 0 Å². The number of rotatable bonds is 5. The number of hydrogen-bond acceptors (Lipinski definition) is 6. The first-order valence-electron chi connectivity index (χ1n) is 8.02. The van der Waals surface area contributed by atoms with E-state index in [0.29, 0.717) is 5.69 Å². The maximum atomic E-state index is 12.7. The van der Waals surface area contributed by atoms with Crippen LogP contribution in [0.1, 0.15) is 10.4 Å². The highest BCUT2D eigenvalue weighted by molar-refractivity contribution is 7.87. The number of nitrogens with two attached hydrogens (primary N) is 1. The SMILES string of the molecule is NN(C(=O)c1cccc(N(c2c[nH]c(=O)[nH]c2=O)S(=O)(=O)O)c1)c1ccccc1. The van der Waals surface area contributed by atoms with Crippen molar-refractivity contribution in [1.82, 2.24) is 9.97 Å². The van der Waals surface area contributed by atoms with Crippen molar-refractivity contribution in [1.29, 1.82) is 0 Å². The summed E-state index contributed by atoms with van der Waals surface area (Å²) in [7, 11) is -4.99. The van der Waals surface area contributed by atoms with Crippen molar-refractivity contribution in [3.63, 3.8) is 0 Å². The monoisotopic (exact) mass is 417 g/mol. The van der Waals surface area contributed by atoms with Crippen molar-refractivity contribution in [2.24, 2.45) is 5.84 Å². The zero-order chi connectivity index (χ0) is 21.2. The lowest BCUT2D eigenvalue weighted by Gasteiger charge is -2.21. The lowest BCUT2D eigenvalue weighted by Crippen LogP contribution is -2.37. The van der Waals surface area contributed by atoms with Gasteiger partial charge in [-0.05, 0) is 30.3 Å². The predicted molar refractivity (Wildman–Crippen MR) is 105 cm³/mol. The van der Waals surface area contributed by atoms with Gasteiger partial charge in [0.1, 0.15) is 5.69 Å². The molecule has 0 atom stereocenters. The van der Waals surface area contributed by atoms with E-state index in [1.54, 1.807) is 30.3 Å². The Morgan fingerprint density at radius 2 is 1.66 bits per heavy atom. The molecule has 29 heavy (non-hydrogen) atoms. The number of amides is 1. The Morgan fingerprint density at radius 3 is 2.28 bits per heavy atom. The van der Waals surface area contributed by atoms with Gasteiger partial charge in [0, 0.05) is 11.8 Å². The molecule has 0 aliphatic carbocycles. The summed E-state index contributed by atoms with van der Waals surface area (Å²) in [6, 6.07) is 13.4. The Labute approximate surface area is 163 Å². The third kappa shape index (κ3) is 4.24. The van der Waals surface area contributed by atoms with Gasteiger partial charge in [0.15, 0.2) is 0 Å². The van der Waals surface area contributed by atoms with Gasteiger partial charge in [-0.25, -0.2) is 20.0 Å². The average Bonchev–Trinajstić information content (AvgIpc) is 2.69. The molecule has 0 unspecified atom stereocenters. The number of nitrogens with one attached hydrogen (secondary N) is 2. The van der Waals surface area contributed by atoms with Crippen LogP contribution in [0.5, 0.6) is 0 Å². The van der Waals surface area contributed by atoms with Gasteiger partial charge in [0.2, 0.25) is 0 Å². The number of carbonyl (C=O) groups excluding carboxylic acids is 1. The van der Waals surface area contributed by atoms with E-state index in [0.717, 1.165) is 17.3 Å². The summed E-state index contributed by atoms with van der Waals surface area (Å²) in [6.07, 6.45) is 0.822. The molecule has 0 aliphatic heterocycles. The predicted octanol–water partition coefficient (Wildman–Crippen LogP) is 0.525. The molecular formula is C17H15N5O6S. The molecule has 3 rings (SSSR count). The van der Waals surface area contributed by atoms with Crippen LogP contribution < -0.4 is 26.4 Å². The van der Waals surface area contributed by atoms with Crippen molar-refractivity contribution in [3.8, 4) is 0 Å². The average molecular weight is 417 g/mol. The number of hydrazine groups is 1. The number of nitrogens with zero attached hydrogens (tertiary/aromatic N) is 2. The highest BCUT2D eigenvalue weighted by atomic mass is 32.2. The zero-order valence-electron chi connectivity index (χ0n) is 14.6. The summed E-state index contributed by atoms with van der Waals surface area (Å²) in [5.74, 6) is 5.18. The van der Waals surface area contributed by atoms with Crippen LogP contribution in [0.15, 0.2) is 70.4 Å². The smallest absolute Gasteiger partial charge is 0.312 e. The van der Waals surface area contributed by atoms with Gasteiger partial charge in [-0.1, -0.05) is 24.3 Å². The molecule has 0 spiro atoms. The first kappa shape index (κ1) is 20.0. The fraction of sp³-hybridized carbons (Fsp3) is 0. The lowest BCUT2D eigenvalue weighted by molar-refractivity contribution is 0.0987. The van der Waals surface area contributed by atoms with E-state index in [2.05, 4.69) is 4.98 Å². The van der Waals surface area contributed by atoms with Gasteiger partial charge in [-0.3, -0.25) is 19.1 Å². The van der Waals surface area contributed by atoms with Crippen LogP contribution >= 0.6 is 0 Å². The first-order valence-corrected chi connectivity index (χ1v) is 9.42. The fourth-order valence-corrected chi connectivity index (χ4v) is 3.32. The first-order chi connectivity index (χ1) is 13.7. The van der Waals surface area contributed by atoms with E-state index >= 15 is 0 Å². The molecule has 0 saturated carbocycles. The number of aromatic nitrogens is 2. The summed E-state index contributed by atoms with van der Waals surface area (Å²) in [5, 5.41) is 0.865. The summed E-state index contributed by atoms with van der Waals surface area (Å²) in [4.78, 5) is 39.9. The van der Waals surface area contributed by atoms with E-state index in [1.807, 2.05) is 4.98 Å². The largest absolute Gasteiger partial charge is 0.364 e. The van der Waals surface area contributed by atoms with Crippen molar-refractivity contribution in [2.75, 3.05) is 9.31 Å². The second-order valence-corrected chi connectivity index (χ2v) is 7.02. The number of anilines is 3. The van der Waals surface area contributed by atoms with Gasteiger partial charge in [0.05, 0.1) is 11.4 Å². The van der Waals surface area contributed by atoms with E-state index in [4.69, 9.17) is 5.84 Å². The third-order valence-corrected chi connectivity index (χ3v) is 4.70. The maximum absolute atomic E-state index is 12.7. The van der Waals surface area contributed by atoms with Crippen LogP contribution in [0, 0.1) is 0 Å². The molecule has 150 valence electrons. The minimum absolute atomic E-state index is 0.0108. The quantitative estimate of drug-likeness (QED) is 0.203. The van der Waals surface area contributed by atoms with Crippen molar-refractivity contribution >= 4 is 33.3 Å². The zero-order valence-corrected chi connectivity index (χ0v) is 15.5. The van der Waals surface area contributed by atoms with Gasteiger partial charge in [-0.2, -0.15) is 8.42 Å². The van der Waals surface area contributed by atoms with E-state index in [-0.39, 0.29) is 15.6 Å². The summed E-state index contributed by atoms with van der Waals surface area (Å²) in [5.41, 5.74) is -2.34. The van der Waals surface area contributed by atoms with Crippen LogP contribution in [-0.4, -0.2) is 28.8 Å². The fourth-order valence-electron chi connectivity index (χ4n) is 2.56. The Hall–Kier alpha value is -3.74. The molecule has 0 aliphatic rings. The van der Waals surface area contributed by atoms with Crippen molar-refractivity contribution < 1.29 is 17.8 Å². The standard InChI is InChI=1S/C17H15N5O6S/c18-21(12-6-2-1-3-7-12)16(24)11-5-4-8-13(9-11)22(29(26,27)28)14-10-19-17(25)20-15(14)23/h1-10H,18H2,(H,26,27,28)(H2,19,20,23,25). The Kier molecular flexibility index (Phi) is 5.32. The molecule has 3 aromatic rings. The van der Waals surface area contributed by atoms with E-state index in [1.165, 1.54) is 18.2 Å². The molecule has 1 heterocycles. The normalized spacial score (nSPS) is 11.1. The molecule has 5 N–H and O–H groups in total. The highest BCUT2D eigenvalue weighted by Crippen LogP contribution is 2.26. The topological polar surface area (TPSA) is 170 Å². The van der Waals surface area contributed by atoms with Gasteiger partial charge >= 0.3 is 16.0 Å². The minimum Gasteiger partial charge on any atom is -0.312 e. The second-order valence-electron chi connectivity index (χ2n) is 5.76. The molecule has 0 bridgehead atoms. The van der Waals surface area contributed by atoms with Crippen molar-refractivity contribution in [3.05, 3.63) is 87.2 Å². The number of benzene rings is 2. The van der Waals surface area contributed by atoms with Crippen LogP contribution in [0.4, 0.5) is 17.1 Å². The molecule has 1 aromatic heterocycles. The van der Waals surface area contributed by atoms with Gasteiger partial charge in [0.25, 0.3) is 11.5 Å². The molecular weight excluding hydrogens is 402 g/mol. The second kappa shape index (κ2) is 7.71. The molecule has 11 nitrogen and oxygen atoms in total. The number of hydrogen-bond donors (Lipinski definition) is 4. The third-order valence-electron chi connectivity index (χ3n) is 3.83. The van der Waals surface area contributed by atoms with E-state index in [9.17, 15) is 27.4 Å². The summed E-state index contributed by atoms with van der Waals surface area (Å²) < 4.78 is 33.8. The van der Waals surface area contributed by atoms with Gasteiger partial charge < -0.3 is 4.98 Å². The Balaban J connectivity index is 2.07. The summed E-state index contributed by atoms with van der Waals surface area (Å²) >= 11 is 0. The van der Waals surface area contributed by atoms with Crippen LogP contribution in [0.3, 0.4) is 0 Å². The maximum Gasteiger partial charge on any atom is 0.364 e. The highest BCUT2D eigenvalue weighted by Gasteiger charge is 2.26. The molecule has 0 radical (unpaired) electrons. The van der Waals surface area contributed by atoms with E-state index < -0.39 is 33.1 Å². The van der Waals surface area contributed by atoms with Gasteiger partial charge in [-0.15, -0.1) is 0 Å². The van der Waals surface area contributed by atoms with Crippen molar-refractivity contribution in [2.45, 2.75) is 0 Å². The Bertz CT molecular complexity index is 1270. The molecule has 0 fully saturated rings. The Morgan fingerprint density at radius 1 is 1.00 bits per heavy atom. The number of carbonyl (C=O) groups is 1. The van der Waals surface area contributed by atoms with Crippen LogP contribution in [0.2, 0.25) is 0 Å². The number of aromatic amines is 2. The molecule has 1 amide bonds. The minimum atomic E-state index is -4.99. The molecule has 0 saturated heterocycles. The summed E-state index contributed by atoms with van der Waals surface area (Å²) in [6.45, 7) is 0. The number of H-pyrrole nitrogens is 2. The number of para-hydroxylation sites is 1. The molecule has 2 aromatic carbocycles. The lowest BCUT2D eigenvalue weighted by atomic mass is 10.1. The van der Waals surface area contributed by atoms with Crippen LogP contribution in [-0.2, 0) is 10.3 Å². The molecule has 12 heteroatoms.